The summed E-state index contributed by atoms with van der Waals surface area (Å²) >= 11 is 0. The van der Waals surface area contributed by atoms with Gasteiger partial charge in [-0.1, -0.05) is 115 Å². The Morgan fingerprint density at radius 1 is 0.426 bits per heavy atom. The molecule has 3 aromatic heterocycles. The molecule has 5 nitrogen and oxygen atoms in total. The summed E-state index contributed by atoms with van der Waals surface area (Å²) in [4.78, 5) is 7.34. The van der Waals surface area contributed by atoms with Gasteiger partial charge in [0.1, 0.15) is 11.2 Å². The number of hydrogen-bond acceptors (Lipinski definition) is 3. The van der Waals surface area contributed by atoms with Gasteiger partial charge in [0.15, 0.2) is 0 Å². The van der Waals surface area contributed by atoms with Crippen molar-refractivity contribution in [1.82, 2.24) is 14.0 Å². The molecular weight excluding hydrogens is 661 g/mol. The summed E-state index contributed by atoms with van der Waals surface area (Å²) in [5.74, 6) is 0.912. The van der Waals surface area contributed by atoms with Gasteiger partial charge in [-0.25, -0.2) is 4.98 Å². The summed E-state index contributed by atoms with van der Waals surface area (Å²) < 4.78 is 10.9. The predicted octanol–water partition coefficient (Wildman–Crippen LogP) is 13.1. The van der Waals surface area contributed by atoms with E-state index < -0.39 is 0 Å². The number of imidazole rings is 2. The number of para-hydroxylation sites is 7. The first-order chi connectivity index (χ1) is 26.8. The van der Waals surface area contributed by atoms with Crippen LogP contribution in [-0.4, -0.2) is 14.0 Å². The van der Waals surface area contributed by atoms with E-state index in [0.29, 0.717) is 0 Å². The zero-order valence-electron chi connectivity index (χ0n) is 29.2. The highest BCUT2D eigenvalue weighted by Gasteiger charge is 2.18. The highest BCUT2D eigenvalue weighted by molar-refractivity contribution is 6.09. The van der Waals surface area contributed by atoms with Gasteiger partial charge in [0.25, 0.3) is 0 Å². The monoisotopic (exact) mass is 692 g/mol. The molecule has 0 unspecified atom stereocenters. The zero-order chi connectivity index (χ0) is 35.6. The van der Waals surface area contributed by atoms with Crippen molar-refractivity contribution in [1.29, 1.82) is 0 Å². The summed E-state index contributed by atoms with van der Waals surface area (Å²) in [6.45, 7) is 0. The van der Waals surface area contributed by atoms with Gasteiger partial charge in [0.2, 0.25) is 5.78 Å². The molecule has 0 saturated heterocycles. The van der Waals surface area contributed by atoms with Crippen molar-refractivity contribution in [2.24, 2.45) is 0 Å². The fourth-order valence-corrected chi connectivity index (χ4v) is 8.00. The van der Waals surface area contributed by atoms with E-state index >= 15 is 0 Å². The lowest BCUT2D eigenvalue weighted by atomic mass is 10.0. The molecule has 8 aromatic carbocycles. The first-order valence-electron chi connectivity index (χ1n) is 18.2. The minimum absolute atomic E-state index is 0.908. The lowest BCUT2D eigenvalue weighted by Crippen LogP contribution is -2.09. The number of rotatable bonds is 6. The summed E-state index contributed by atoms with van der Waals surface area (Å²) in [6, 6.07) is 68.4. The zero-order valence-corrected chi connectivity index (χ0v) is 29.2. The van der Waals surface area contributed by atoms with Crippen molar-refractivity contribution >= 4 is 66.8 Å². The van der Waals surface area contributed by atoms with Gasteiger partial charge in [0, 0.05) is 39.1 Å². The van der Waals surface area contributed by atoms with Crippen LogP contribution < -0.4 is 4.90 Å². The summed E-state index contributed by atoms with van der Waals surface area (Å²) in [5.41, 5.74) is 15.0. The topological polar surface area (TPSA) is 38.6 Å². The minimum Gasteiger partial charge on any atom is -0.455 e. The SMILES string of the molecule is c1ccc(N(c2ccc(-c3ccc(-n4c5ccccc5n5c6ccccc6nc45)cc3)cc2)c2ccc(-c3cccc4c3oc3ccccc34)cc2)cc1. The van der Waals surface area contributed by atoms with Crippen molar-refractivity contribution in [2.75, 3.05) is 4.90 Å². The Bertz CT molecular complexity index is 3130. The van der Waals surface area contributed by atoms with Gasteiger partial charge >= 0.3 is 0 Å². The average Bonchev–Trinajstić information content (AvgIpc) is 3.91. The van der Waals surface area contributed by atoms with Crippen LogP contribution in [0, 0.1) is 0 Å². The summed E-state index contributed by atoms with van der Waals surface area (Å²) in [6.07, 6.45) is 0. The Hall–Kier alpha value is -7.37. The van der Waals surface area contributed by atoms with E-state index in [1.54, 1.807) is 0 Å². The number of anilines is 3. The molecule has 0 spiro atoms. The molecule has 5 heteroatoms. The maximum atomic E-state index is 6.36. The second-order valence-corrected chi connectivity index (χ2v) is 13.7. The maximum absolute atomic E-state index is 6.36. The van der Waals surface area contributed by atoms with Gasteiger partial charge in [-0.2, -0.15) is 0 Å². The van der Waals surface area contributed by atoms with Crippen LogP contribution in [0.1, 0.15) is 0 Å². The molecule has 0 aliphatic rings. The Labute approximate surface area is 311 Å². The van der Waals surface area contributed by atoms with Crippen molar-refractivity contribution in [2.45, 2.75) is 0 Å². The summed E-state index contributed by atoms with van der Waals surface area (Å²) in [7, 11) is 0. The van der Waals surface area contributed by atoms with E-state index in [-0.39, 0.29) is 0 Å². The number of benzene rings is 8. The normalized spacial score (nSPS) is 11.7. The Morgan fingerprint density at radius 3 is 1.76 bits per heavy atom. The fourth-order valence-electron chi connectivity index (χ4n) is 8.00. The minimum atomic E-state index is 0.908. The molecular formula is C49H32N4O. The van der Waals surface area contributed by atoms with Crippen LogP contribution in [0.2, 0.25) is 0 Å². The lowest BCUT2D eigenvalue weighted by Gasteiger charge is -2.26. The molecule has 11 rings (SSSR count). The number of aromatic nitrogens is 3. The smallest absolute Gasteiger partial charge is 0.220 e. The van der Waals surface area contributed by atoms with E-state index in [9.17, 15) is 0 Å². The van der Waals surface area contributed by atoms with Crippen LogP contribution in [0.15, 0.2) is 199 Å². The first-order valence-corrected chi connectivity index (χ1v) is 18.2. The van der Waals surface area contributed by atoms with Crippen molar-refractivity contribution in [3.63, 3.8) is 0 Å². The molecule has 254 valence electrons. The van der Waals surface area contributed by atoms with Gasteiger partial charge in [-0.3, -0.25) is 8.97 Å². The molecule has 3 heterocycles. The molecule has 11 aromatic rings. The first kappa shape index (κ1) is 30.3. The quantitative estimate of drug-likeness (QED) is 0.174. The highest BCUT2D eigenvalue weighted by atomic mass is 16.3. The molecule has 0 aliphatic carbocycles. The van der Waals surface area contributed by atoms with Crippen LogP contribution in [0.5, 0.6) is 0 Å². The van der Waals surface area contributed by atoms with Crippen molar-refractivity contribution < 1.29 is 4.42 Å². The number of fused-ring (bicyclic) bond motifs is 8. The second kappa shape index (κ2) is 12.1. The maximum Gasteiger partial charge on any atom is 0.220 e. The van der Waals surface area contributed by atoms with E-state index in [1.165, 1.54) is 0 Å². The number of nitrogens with zero attached hydrogens (tertiary/aromatic N) is 4. The molecule has 0 radical (unpaired) electrons. The Balaban J connectivity index is 0.929. The molecule has 0 saturated carbocycles. The Kier molecular flexibility index (Phi) is 6.79. The van der Waals surface area contributed by atoms with Gasteiger partial charge in [0.05, 0.1) is 22.1 Å². The lowest BCUT2D eigenvalue weighted by molar-refractivity contribution is 0.670. The molecule has 0 fully saturated rings. The fraction of sp³-hybridized carbons (Fsp3) is 0. The molecule has 0 bridgehead atoms. The third kappa shape index (κ3) is 4.76. The van der Waals surface area contributed by atoms with Crippen LogP contribution in [0.3, 0.4) is 0 Å². The summed E-state index contributed by atoms with van der Waals surface area (Å²) in [5, 5.41) is 2.27. The van der Waals surface area contributed by atoms with Gasteiger partial charge in [-0.15, -0.1) is 0 Å². The van der Waals surface area contributed by atoms with Crippen LogP contribution in [0.25, 0.3) is 77.7 Å². The molecule has 0 atom stereocenters. The standard InChI is InChI=1S/C49H32N4O/c1-2-11-36(12-3-1)51(38-31-25-35(26-32-38)40-14-10-15-42-41-13-4-9-20-47(41)54-48(40)42)37-27-21-33(22-28-37)34-23-29-39(30-24-34)52-45-18-7-8-19-46(45)53-44-17-6-5-16-43(44)50-49(52)53/h1-32H. The molecule has 54 heavy (non-hydrogen) atoms. The molecule has 0 N–H and O–H groups in total. The predicted molar refractivity (Wildman–Crippen MR) is 222 cm³/mol. The number of hydrogen-bond donors (Lipinski definition) is 0. The van der Waals surface area contributed by atoms with E-state index in [4.69, 9.17) is 9.40 Å². The highest BCUT2D eigenvalue weighted by Crippen LogP contribution is 2.39. The molecule has 0 aliphatic heterocycles. The van der Waals surface area contributed by atoms with Crippen LogP contribution in [-0.2, 0) is 0 Å². The third-order valence-corrected chi connectivity index (χ3v) is 10.5. The van der Waals surface area contributed by atoms with Gasteiger partial charge < -0.3 is 9.32 Å². The average molecular weight is 693 g/mol. The molecule has 0 amide bonds. The van der Waals surface area contributed by atoms with Gasteiger partial charge in [-0.05, 0) is 95.6 Å². The van der Waals surface area contributed by atoms with Crippen LogP contribution >= 0.6 is 0 Å². The van der Waals surface area contributed by atoms with Crippen molar-refractivity contribution in [3.05, 3.63) is 194 Å². The van der Waals surface area contributed by atoms with Crippen molar-refractivity contribution in [3.8, 4) is 27.9 Å². The van der Waals surface area contributed by atoms with Crippen LogP contribution in [0.4, 0.5) is 17.1 Å². The second-order valence-electron chi connectivity index (χ2n) is 13.7. The number of furan rings is 1. The van der Waals surface area contributed by atoms with E-state index in [1.807, 2.05) is 18.2 Å². The third-order valence-electron chi connectivity index (χ3n) is 10.5. The Morgan fingerprint density at radius 2 is 1.00 bits per heavy atom. The van der Waals surface area contributed by atoms with E-state index in [2.05, 4.69) is 190 Å². The van der Waals surface area contributed by atoms with E-state index in [0.717, 1.165) is 94.8 Å². The largest absolute Gasteiger partial charge is 0.455 e.